The second-order valence-electron chi connectivity index (χ2n) is 1.87. The molecule has 1 rings (SSSR count). The molecule has 0 saturated carbocycles. The first-order valence-corrected chi connectivity index (χ1v) is 3.76. The van der Waals surface area contributed by atoms with Crippen molar-refractivity contribution in [3.63, 3.8) is 0 Å². The molecule has 1 heterocycles. The third kappa shape index (κ3) is 1.49. The van der Waals surface area contributed by atoms with Gasteiger partial charge in [-0.1, -0.05) is 5.92 Å². The highest BCUT2D eigenvalue weighted by atomic mass is 32.1. The lowest BCUT2D eigenvalue weighted by molar-refractivity contribution is 1.03. The Kier molecular flexibility index (Phi) is 2.30. The Labute approximate surface area is 64.5 Å². The van der Waals surface area contributed by atoms with E-state index >= 15 is 0 Å². The maximum Gasteiger partial charge on any atom is 0.185 e. The molecular weight excluding hydrogens is 144 g/mol. The third-order valence-electron chi connectivity index (χ3n) is 1.07. The topological polar surface area (TPSA) is 16.1 Å². The van der Waals surface area contributed by atoms with Gasteiger partial charge in [-0.15, -0.1) is 17.8 Å². The van der Waals surface area contributed by atoms with Gasteiger partial charge in [0.05, 0.1) is 6.54 Å². The second-order valence-corrected chi connectivity index (χ2v) is 2.75. The van der Waals surface area contributed by atoms with Crippen LogP contribution in [0.15, 0.2) is 11.6 Å². The van der Waals surface area contributed by atoms with Gasteiger partial charge in [0.25, 0.3) is 0 Å². The highest BCUT2D eigenvalue weighted by molar-refractivity contribution is 7.13. The minimum Gasteiger partial charge on any atom is -0.340 e. The van der Waals surface area contributed by atoms with Crippen LogP contribution in [-0.2, 0) is 0 Å². The van der Waals surface area contributed by atoms with E-state index in [1.807, 2.05) is 17.3 Å². The maximum absolute atomic E-state index is 5.12. The van der Waals surface area contributed by atoms with Gasteiger partial charge in [-0.25, -0.2) is 4.98 Å². The predicted octanol–water partition coefficient (Wildman–Crippen LogP) is 1.21. The zero-order chi connectivity index (χ0) is 7.40. The molecule has 0 bridgehead atoms. The summed E-state index contributed by atoms with van der Waals surface area (Å²) in [6.07, 6.45) is 6.89. The normalized spacial score (nSPS) is 8.80. The van der Waals surface area contributed by atoms with Crippen LogP contribution in [0, 0.1) is 12.3 Å². The van der Waals surface area contributed by atoms with E-state index in [1.54, 1.807) is 17.5 Å². The molecule has 0 spiro atoms. The van der Waals surface area contributed by atoms with Crippen LogP contribution in [-0.4, -0.2) is 18.6 Å². The minimum absolute atomic E-state index is 0.619. The van der Waals surface area contributed by atoms with E-state index in [0.717, 1.165) is 5.13 Å². The standard InChI is InChI=1S/C7H8N2S/c1-3-5-9(2)7-8-4-6-10-7/h1,4,6H,5H2,2H3. The zero-order valence-corrected chi connectivity index (χ0v) is 6.56. The lowest BCUT2D eigenvalue weighted by Crippen LogP contribution is -2.16. The Morgan fingerprint density at radius 1 is 1.90 bits per heavy atom. The van der Waals surface area contributed by atoms with E-state index in [-0.39, 0.29) is 0 Å². The van der Waals surface area contributed by atoms with Crippen molar-refractivity contribution in [3.8, 4) is 12.3 Å². The summed E-state index contributed by atoms with van der Waals surface area (Å²) in [5.41, 5.74) is 0. The van der Waals surface area contributed by atoms with Crippen LogP contribution in [0.25, 0.3) is 0 Å². The second kappa shape index (κ2) is 3.23. The number of thiazole rings is 1. The predicted molar refractivity (Wildman–Crippen MR) is 44.2 cm³/mol. The zero-order valence-electron chi connectivity index (χ0n) is 5.74. The minimum atomic E-state index is 0.619. The van der Waals surface area contributed by atoms with Crippen molar-refractivity contribution >= 4 is 16.5 Å². The van der Waals surface area contributed by atoms with Gasteiger partial charge in [0, 0.05) is 18.6 Å². The molecule has 1 aromatic heterocycles. The monoisotopic (exact) mass is 152 g/mol. The Morgan fingerprint density at radius 2 is 2.70 bits per heavy atom. The molecule has 0 saturated heterocycles. The van der Waals surface area contributed by atoms with E-state index in [9.17, 15) is 0 Å². The Balaban J connectivity index is 2.61. The summed E-state index contributed by atoms with van der Waals surface area (Å²) in [7, 11) is 1.93. The summed E-state index contributed by atoms with van der Waals surface area (Å²) in [6.45, 7) is 0.619. The number of aromatic nitrogens is 1. The quantitative estimate of drug-likeness (QED) is 0.592. The van der Waals surface area contributed by atoms with Crippen molar-refractivity contribution in [2.45, 2.75) is 0 Å². The van der Waals surface area contributed by atoms with Crippen molar-refractivity contribution in [2.24, 2.45) is 0 Å². The Bertz CT molecular complexity index is 222. The van der Waals surface area contributed by atoms with Crippen molar-refractivity contribution in [2.75, 3.05) is 18.5 Å². The van der Waals surface area contributed by atoms with Crippen molar-refractivity contribution in [1.82, 2.24) is 4.98 Å². The van der Waals surface area contributed by atoms with Crippen molar-refractivity contribution in [3.05, 3.63) is 11.6 Å². The highest BCUT2D eigenvalue weighted by Gasteiger charge is 1.98. The number of hydrogen-bond acceptors (Lipinski definition) is 3. The average molecular weight is 152 g/mol. The summed E-state index contributed by atoms with van der Waals surface area (Å²) >= 11 is 1.59. The summed E-state index contributed by atoms with van der Waals surface area (Å²) in [5.74, 6) is 2.55. The number of terminal acetylenes is 1. The molecule has 0 fully saturated rings. The van der Waals surface area contributed by atoms with Crippen LogP contribution in [0.2, 0.25) is 0 Å². The molecule has 0 unspecified atom stereocenters. The van der Waals surface area contributed by atoms with Gasteiger partial charge in [0.2, 0.25) is 0 Å². The van der Waals surface area contributed by atoms with E-state index in [1.165, 1.54) is 0 Å². The van der Waals surface area contributed by atoms with E-state index < -0.39 is 0 Å². The van der Waals surface area contributed by atoms with E-state index in [2.05, 4.69) is 10.9 Å². The average Bonchev–Trinajstić information content (AvgIpc) is 2.38. The molecule has 0 aromatic carbocycles. The fourth-order valence-electron chi connectivity index (χ4n) is 0.609. The molecule has 0 aliphatic carbocycles. The Morgan fingerprint density at radius 3 is 3.20 bits per heavy atom. The molecule has 0 N–H and O–H groups in total. The van der Waals surface area contributed by atoms with Gasteiger partial charge in [0.15, 0.2) is 5.13 Å². The molecule has 0 aliphatic rings. The fraction of sp³-hybridized carbons (Fsp3) is 0.286. The summed E-state index contributed by atoms with van der Waals surface area (Å²) in [4.78, 5) is 6.02. The Hall–Kier alpha value is -1.01. The van der Waals surface area contributed by atoms with Crippen LogP contribution in [0.3, 0.4) is 0 Å². The van der Waals surface area contributed by atoms with Crippen LogP contribution >= 0.6 is 11.3 Å². The largest absolute Gasteiger partial charge is 0.340 e. The molecule has 3 heteroatoms. The molecular formula is C7H8N2S. The smallest absolute Gasteiger partial charge is 0.185 e. The van der Waals surface area contributed by atoms with Gasteiger partial charge in [-0.2, -0.15) is 0 Å². The van der Waals surface area contributed by atoms with Gasteiger partial charge in [0.1, 0.15) is 0 Å². The molecule has 2 nitrogen and oxygen atoms in total. The first-order valence-electron chi connectivity index (χ1n) is 2.88. The molecule has 10 heavy (non-hydrogen) atoms. The van der Waals surface area contributed by atoms with Gasteiger partial charge >= 0.3 is 0 Å². The first-order chi connectivity index (χ1) is 4.84. The number of anilines is 1. The van der Waals surface area contributed by atoms with Crippen LogP contribution in [0.4, 0.5) is 5.13 Å². The molecule has 0 amide bonds. The lowest BCUT2D eigenvalue weighted by Gasteiger charge is -2.09. The van der Waals surface area contributed by atoms with Gasteiger partial charge < -0.3 is 4.90 Å². The van der Waals surface area contributed by atoms with E-state index in [0.29, 0.717) is 6.54 Å². The number of nitrogens with zero attached hydrogens (tertiary/aromatic N) is 2. The van der Waals surface area contributed by atoms with Gasteiger partial charge in [-0.3, -0.25) is 0 Å². The number of rotatable bonds is 2. The fourth-order valence-corrected chi connectivity index (χ4v) is 1.22. The van der Waals surface area contributed by atoms with Crippen molar-refractivity contribution < 1.29 is 0 Å². The summed E-state index contributed by atoms with van der Waals surface area (Å²) in [5, 5.41) is 2.90. The lowest BCUT2D eigenvalue weighted by atomic mass is 10.6. The number of hydrogen-bond donors (Lipinski definition) is 0. The molecule has 1 aromatic rings. The van der Waals surface area contributed by atoms with Crippen LogP contribution in [0.5, 0.6) is 0 Å². The van der Waals surface area contributed by atoms with Gasteiger partial charge in [-0.05, 0) is 0 Å². The summed E-state index contributed by atoms with van der Waals surface area (Å²) < 4.78 is 0. The SMILES string of the molecule is C#CCN(C)c1nccs1. The summed E-state index contributed by atoms with van der Waals surface area (Å²) in [6, 6.07) is 0. The molecule has 0 atom stereocenters. The third-order valence-corrected chi connectivity index (χ3v) is 1.96. The first kappa shape index (κ1) is 7.10. The molecule has 52 valence electrons. The molecule has 0 aliphatic heterocycles. The highest BCUT2D eigenvalue weighted by Crippen LogP contribution is 2.14. The van der Waals surface area contributed by atoms with Crippen LogP contribution < -0.4 is 4.90 Å². The maximum atomic E-state index is 5.12. The van der Waals surface area contributed by atoms with Crippen molar-refractivity contribution in [1.29, 1.82) is 0 Å². The van der Waals surface area contributed by atoms with Crippen LogP contribution in [0.1, 0.15) is 0 Å². The van der Waals surface area contributed by atoms with E-state index in [4.69, 9.17) is 6.42 Å². The molecule has 0 radical (unpaired) electrons.